The molecule has 1 spiro atoms. The molecule has 1 unspecified atom stereocenters. The Bertz CT molecular complexity index is 816. The van der Waals surface area contributed by atoms with Crippen LogP contribution in [0.25, 0.3) is 0 Å². The Kier molecular flexibility index (Phi) is 4.49. The number of piperazine rings is 1. The van der Waals surface area contributed by atoms with E-state index in [1.807, 2.05) is 18.0 Å². The van der Waals surface area contributed by atoms with Crippen LogP contribution < -0.4 is 0 Å². The summed E-state index contributed by atoms with van der Waals surface area (Å²) in [6.45, 7) is 5.88. The maximum atomic E-state index is 9.12. The Morgan fingerprint density at radius 2 is 2.07 bits per heavy atom. The van der Waals surface area contributed by atoms with Crippen molar-refractivity contribution in [1.82, 2.24) is 9.80 Å². The fraction of sp³-hybridized carbons (Fsp3) is 0.545. The van der Waals surface area contributed by atoms with E-state index < -0.39 is 0 Å². The first-order chi connectivity index (χ1) is 13.3. The van der Waals surface area contributed by atoms with Crippen LogP contribution in [0.2, 0.25) is 0 Å². The molecule has 27 heavy (non-hydrogen) atoms. The highest BCUT2D eigenvalue weighted by Crippen LogP contribution is 2.51. The van der Waals surface area contributed by atoms with E-state index in [1.165, 1.54) is 49.5 Å². The van der Waals surface area contributed by atoms with Gasteiger partial charge < -0.3 is 4.90 Å². The van der Waals surface area contributed by atoms with E-state index in [4.69, 9.17) is 10.3 Å². The molecule has 5 rings (SSSR count). The average molecular weight is 379 g/mol. The highest BCUT2D eigenvalue weighted by atomic mass is 32.2. The third-order valence-corrected chi connectivity index (χ3v) is 7.75. The lowest BCUT2D eigenvalue weighted by atomic mass is 9.70. The summed E-state index contributed by atoms with van der Waals surface area (Å²) in [5.41, 5.74) is 5.22. The summed E-state index contributed by atoms with van der Waals surface area (Å²) in [7, 11) is 0. The Morgan fingerprint density at radius 3 is 2.85 bits per heavy atom. The summed E-state index contributed by atoms with van der Waals surface area (Å²) in [5.74, 6) is 3.12. The molecule has 0 aromatic carbocycles. The summed E-state index contributed by atoms with van der Waals surface area (Å²) in [5, 5.41) is 9.12. The van der Waals surface area contributed by atoms with Crippen LogP contribution in [0.5, 0.6) is 0 Å². The summed E-state index contributed by atoms with van der Waals surface area (Å²) in [6, 6.07) is 2.22. The fourth-order valence-corrected chi connectivity index (χ4v) is 6.37. The van der Waals surface area contributed by atoms with E-state index in [-0.39, 0.29) is 5.41 Å². The second kappa shape index (κ2) is 7.00. The van der Waals surface area contributed by atoms with Gasteiger partial charge in [-0.15, -0.1) is 0 Å². The average Bonchev–Trinajstić information content (AvgIpc) is 3.44. The number of hydrogen-bond donors (Lipinski definition) is 0. The number of aliphatic imine (C=N–C) groups is 1. The molecule has 0 N–H and O–H groups in total. The van der Waals surface area contributed by atoms with Gasteiger partial charge in [-0.1, -0.05) is 6.08 Å². The highest BCUT2D eigenvalue weighted by Gasteiger charge is 2.47. The zero-order valence-electron chi connectivity index (χ0n) is 15.7. The third kappa shape index (κ3) is 3.19. The molecular weight excluding hydrogens is 352 g/mol. The zero-order chi connectivity index (χ0) is 18.3. The predicted molar refractivity (Wildman–Crippen MR) is 112 cm³/mol. The van der Waals surface area contributed by atoms with Gasteiger partial charge in [0, 0.05) is 67.6 Å². The quantitative estimate of drug-likeness (QED) is 0.706. The van der Waals surface area contributed by atoms with Crippen LogP contribution in [0, 0.1) is 22.7 Å². The first-order valence-electron chi connectivity index (χ1n) is 10.1. The highest BCUT2D eigenvalue weighted by molar-refractivity contribution is 7.99. The Hall–Kier alpha value is -1.77. The van der Waals surface area contributed by atoms with Gasteiger partial charge in [0.15, 0.2) is 0 Å². The zero-order valence-corrected chi connectivity index (χ0v) is 16.5. The first-order valence-corrected chi connectivity index (χ1v) is 11.2. The molecule has 2 saturated heterocycles. The van der Waals surface area contributed by atoms with E-state index >= 15 is 0 Å². The molecule has 0 aromatic heterocycles. The van der Waals surface area contributed by atoms with Crippen molar-refractivity contribution in [2.75, 3.05) is 44.2 Å². The standard InChI is InChI=1S/C22H26N4S/c23-7-5-17-3-4-21-22(13-17)16-27-15-19(22)20(6-8-24-21)26-11-9-25(10-12-26)14-18-1-2-18/h3-6,8,18H,1-2,9-16H2. The van der Waals surface area contributed by atoms with Crippen molar-refractivity contribution in [1.29, 1.82) is 5.26 Å². The monoisotopic (exact) mass is 378 g/mol. The summed E-state index contributed by atoms with van der Waals surface area (Å²) in [4.78, 5) is 10.1. The molecule has 5 heteroatoms. The van der Waals surface area contributed by atoms with Gasteiger partial charge in [-0.3, -0.25) is 9.89 Å². The van der Waals surface area contributed by atoms with Crippen LogP contribution in [-0.4, -0.2) is 59.7 Å². The predicted octanol–water partition coefficient (Wildman–Crippen LogP) is 3.38. The second-order valence-corrected chi connectivity index (χ2v) is 9.34. The summed E-state index contributed by atoms with van der Waals surface area (Å²) in [6.07, 6.45) is 13.9. The minimum atomic E-state index is -0.0217. The van der Waals surface area contributed by atoms with Gasteiger partial charge in [0.05, 0.1) is 11.8 Å². The molecule has 140 valence electrons. The molecule has 3 aliphatic heterocycles. The Morgan fingerprint density at radius 1 is 1.22 bits per heavy atom. The summed E-state index contributed by atoms with van der Waals surface area (Å²) >= 11 is 2.02. The van der Waals surface area contributed by atoms with Crippen LogP contribution >= 0.6 is 11.8 Å². The topological polar surface area (TPSA) is 42.6 Å². The number of rotatable bonds is 3. The van der Waals surface area contributed by atoms with Crippen molar-refractivity contribution in [2.24, 2.45) is 16.3 Å². The van der Waals surface area contributed by atoms with Gasteiger partial charge >= 0.3 is 0 Å². The molecule has 3 fully saturated rings. The molecule has 0 amide bonds. The largest absolute Gasteiger partial charge is 0.369 e. The van der Waals surface area contributed by atoms with Gasteiger partial charge in [-0.05, 0) is 48.5 Å². The molecular formula is C22H26N4S. The second-order valence-electron chi connectivity index (χ2n) is 8.36. The van der Waals surface area contributed by atoms with Gasteiger partial charge in [0.25, 0.3) is 0 Å². The van der Waals surface area contributed by atoms with Crippen molar-refractivity contribution in [3.63, 3.8) is 0 Å². The number of nitrogens with zero attached hydrogens (tertiary/aromatic N) is 4. The molecule has 1 atom stereocenters. The van der Waals surface area contributed by atoms with Crippen molar-refractivity contribution in [3.05, 3.63) is 47.3 Å². The lowest BCUT2D eigenvalue weighted by molar-refractivity contribution is 0.155. The molecule has 5 aliphatic rings. The first kappa shape index (κ1) is 17.3. The van der Waals surface area contributed by atoms with E-state index in [0.29, 0.717) is 0 Å². The molecule has 2 aliphatic carbocycles. The van der Waals surface area contributed by atoms with Crippen molar-refractivity contribution in [3.8, 4) is 6.07 Å². The number of hydrogen-bond acceptors (Lipinski definition) is 5. The smallest absolute Gasteiger partial charge is 0.0914 e. The van der Waals surface area contributed by atoms with E-state index in [0.717, 1.165) is 42.5 Å². The van der Waals surface area contributed by atoms with Gasteiger partial charge in [-0.25, -0.2) is 0 Å². The normalized spacial score (nSPS) is 32.2. The van der Waals surface area contributed by atoms with Crippen LogP contribution in [-0.2, 0) is 0 Å². The third-order valence-electron chi connectivity index (χ3n) is 6.56. The van der Waals surface area contributed by atoms with Gasteiger partial charge in [-0.2, -0.15) is 17.0 Å². The number of thioether (sulfide) groups is 1. The maximum Gasteiger partial charge on any atom is 0.0914 e. The van der Waals surface area contributed by atoms with Crippen LogP contribution in [0.1, 0.15) is 19.3 Å². The van der Waals surface area contributed by atoms with Gasteiger partial charge in [0.1, 0.15) is 0 Å². The maximum absolute atomic E-state index is 9.12. The van der Waals surface area contributed by atoms with Gasteiger partial charge in [0.2, 0.25) is 0 Å². The van der Waals surface area contributed by atoms with Crippen molar-refractivity contribution in [2.45, 2.75) is 19.3 Å². The van der Waals surface area contributed by atoms with Crippen molar-refractivity contribution >= 4 is 17.5 Å². The molecule has 0 aromatic rings. The number of allylic oxidation sites excluding steroid dienone is 5. The lowest BCUT2D eigenvalue weighted by Crippen LogP contribution is -2.47. The molecule has 0 radical (unpaired) electrons. The Balaban J connectivity index is 1.43. The summed E-state index contributed by atoms with van der Waals surface area (Å²) < 4.78 is 0. The fourth-order valence-electron chi connectivity index (χ4n) is 4.87. The molecule has 3 heterocycles. The van der Waals surface area contributed by atoms with Crippen molar-refractivity contribution < 1.29 is 0 Å². The van der Waals surface area contributed by atoms with E-state index in [9.17, 15) is 0 Å². The molecule has 0 bridgehead atoms. The van der Waals surface area contributed by atoms with E-state index in [1.54, 1.807) is 6.08 Å². The lowest BCUT2D eigenvalue weighted by Gasteiger charge is -2.40. The number of nitriles is 1. The minimum absolute atomic E-state index is 0.0217. The van der Waals surface area contributed by atoms with Crippen LogP contribution in [0.3, 0.4) is 0 Å². The Labute approximate surface area is 166 Å². The minimum Gasteiger partial charge on any atom is -0.369 e. The van der Waals surface area contributed by atoms with E-state index in [2.05, 4.69) is 34.1 Å². The van der Waals surface area contributed by atoms with Crippen LogP contribution in [0.4, 0.5) is 0 Å². The van der Waals surface area contributed by atoms with Crippen LogP contribution in [0.15, 0.2) is 52.3 Å². The molecule has 1 saturated carbocycles. The SMILES string of the molecule is N#CC=C1C=CC2=NC=CC(N3CCN(CC4CC4)CC3)=C3CSCC23C1. The molecule has 4 nitrogen and oxygen atoms in total.